The monoisotopic (exact) mass is 223 g/mol. The second-order valence-electron chi connectivity index (χ2n) is 3.83. The lowest BCUT2D eigenvalue weighted by Gasteiger charge is -2.30. The van der Waals surface area contributed by atoms with Crippen LogP contribution in [0.3, 0.4) is 0 Å². The smallest absolute Gasteiger partial charge is 0.166 e. The summed E-state index contributed by atoms with van der Waals surface area (Å²) in [6.45, 7) is 1.40. The van der Waals surface area contributed by atoms with Crippen molar-refractivity contribution in [3.05, 3.63) is 29.8 Å². The van der Waals surface area contributed by atoms with Crippen LogP contribution < -0.4 is 4.90 Å². The predicted molar refractivity (Wildman–Crippen MR) is 62.7 cm³/mol. The van der Waals surface area contributed by atoms with E-state index in [0.717, 1.165) is 19.4 Å². The zero-order valence-corrected chi connectivity index (χ0v) is 9.33. The maximum absolute atomic E-state index is 11.3. The van der Waals surface area contributed by atoms with Gasteiger partial charge < -0.3 is 4.90 Å². The number of hydrogen-bond donors (Lipinski definition) is 0. The highest BCUT2D eigenvalue weighted by atomic mass is 35.5. The molecule has 1 aliphatic heterocycles. The third-order valence-corrected chi connectivity index (χ3v) is 3.02. The van der Waals surface area contributed by atoms with Gasteiger partial charge in [-0.2, -0.15) is 0 Å². The number of alkyl halides is 1. The van der Waals surface area contributed by atoms with Crippen LogP contribution >= 0.6 is 11.6 Å². The molecule has 0 radical (unpaired) electrons. The molecule has 1 heterocycles. The molecule has 0 spiro atoms. The van der Waals surface area contributed by atoms with Gasteiger partial charge in [-0.3, -0.25) is 4.79 Å². The van der Waals surface area contributed by atoms with Crippen molar-refractivity contribution >= 4 is 23.1 Å². The van der Waals surface area contributed by atoms with Crippen LogP contribution in [-0.2, 0) is 11.2 Å². The van der Waals surface area contributed by atoms with Crippen molar-refractivity contribution in [2.45, 2.75) is 12.8 Å². The molecule has 0 saturated carbocycles. The van der Waals surface area contributed by atoms with Crippen LogP contribution in [-0.4, -0.2) is 24.8 Å². The lowest BCUT2D eigenvalue weighted by molar-refractivity contribution is -0.115. The summed E-state index contributed by atoms with van der Waals surface area (Å²) in [5, 5.41) is 0. The van der Waals surface area contributed by atoms with E-state index in [1.54, 1.807) is 0 Å². The van der Waals surface area contributed by atoms with Crippen LogP contribution in [0.25, 0.3) is 0 Å². The van der Waals surface area contributed by atoms with Gasteiger partial charge in [0.15, 0.2) is 5.78 Å². The highest BCUT2D eigenvalue weighted by molar-refractivity contribution is 6.28. The Morgan fingerprint density at radius 2 is 2.20 bits per heavy atom. The van der Waals surface area contributed by atoms with Crippen molar-refractivity contribution in [3.8, 4) is 0 Å². The summed E-state index contributed by atoms with van der Waals surface area (Å²) in [5.41, 5.74) is 2.54. The summed E-state index contributed by atoms with van der Waals surface area (Å²) < 4.78 is 0. The number of aryl methyl sites for hydroxylation is 1. The Bertz CT molecular complexity index is 364. The molecule has 0 bridgehead atoms. The van der Waals surface area contributed by atoms with Crippen molar-refractivity contribution in [2.24, 2.45) is 0 Å². The first-order valence-corrected chi connectivity index (χ1v) is 5.75. The van der Waals surface area contributed by atoms with E-state index < -0.39 is 0 Å². The minimum atomic E-state index is 0.0911. The van der Waals surface area contributed by atoms with Gasteiger partial charge in [0.1, 0.15) is 0 Å². The number of ketones is 1. The first-order chi connectivity index (χ1) is 7.31. The van der Waals surface area contributed by atoms with E-state index in [4.69, 9.17) is 11.6 Å². The Hall–Kier alpha value is -1.02. The van der Waals surface area contributed by atoms with Crippen LogP contribution in [0.2, 0.25) is 0 Å². The maximum Gasteiger partial charge on any atom is 0.166 e. The van der Waals surface area contributed by atoms with E-state index in [-0.39, 0.29) is 11.7 Å². The molecule has 1 aliphatic rings. The Balaban J connectivity index is 2.18. The number of para-hydroxylation sites is 1. The van der Waals surface area contributed by atoms with E-state index in [0.29, 0.717) is 6.54 Å². The van der Waals surface area contributed by atoms with Gasteiger partial charge in [-0.25, -0.2) is 0 Å². The summed E-state index contributed by atoms with van der Waals surface area (Å²) in [6.07, 6.45) is 2.23. The molecule has 0 amide bonds. The molecule has 0 N–H and O–H groups in total. The van der Waals surface area contributed by atoms with Crippen LogP contribution in [0.5, 0.6) is 0 Å². The van der Waals surface area contributed by atoms with Crippen LogP contribution in [0, 0.1) is 0 Å². The first kappa shape index (κ1) is 10.5. The molecule has 15 heavy (non-hydrogen) atoms. The molecule has 0 aromatic heterocycles. The standard InChI is InChI=1S/C12H14ClNO/c13-8-11(15)9-14-7-3-5-10-4-1-2-6-12(10)14/h1-2,4,6H,3,5,7-9H2. The largest absolute Gasteiger partial charge is 0.364 e. The number of halogens is 1. The fourth-order valence-corrected chi connectivity index (χ4v) is 2.12. The van der Waals surface area contributed by atoms with E-state index in [2.05, 4.69) is 17.0 Å². The van der Waals surface area contributed by atoms with E-state index >= 15 is 0 Å². The fraction of sp³-hybridized carbons (Fsp3) is 0.417. The zero-order valence-electron chi connectivity index (χ0n) is 8.58. The first-order valence-electron chi connectivity index (χ1n) is 5.22. The molecule has 0 saturated heterocycles. The topological polar surface area (TPSA) is 20.3 Å². The van der Waals surface area contributed by atoms with Crippen LogP contribution in [0.4, 0.5) is 5.69 Å². The molecule has 0 atom stereocenters. The van der Waals surface area contributed by atoms with Gasteiger partial charge in [0.2, 0.25) is 0 Å². The fourth-order valence-electron chi connectivity index (χ4n) is 2.03. The number of nitrogens with zero attached hydrogens (tertiary/aromatic N) is 1. The van der Waals surface area contributed by atoms with Crippen molar-refractivity contribution in [2.75, 3.05) is 23.9 Å². The number of hydrogen-bond acceptors (Lipinski definition) is 2. The predicted octanol–water partition coefficient (Wildman–Crippen LogP) is 2.25. The van der Waals surface area contributed by atoms with E-state index in [1.165, 1.54) is 11.3 Å². The van der Waals surface area contributed by atoms with Gasteiger partial charge in [0, 0.05) is 12.2 Å². The average Bonchev–Trinajstić information content (AvgIpc) is 2.29. The number of rotatable bonds is 3. The summed E-state index contributed by atoms with van der Waals surface area (Å²) in [7, 11) is 0. The molecule has 2 nitrogen and oxygen atoms in total. The van der Waals surface area contributed by atoms with Crippen molar-refractivity contribution < 1.29 is 4.79 Å². The van der Waals surface area contributed by atoms with E-state index in [9.17, 15) is 4.79 Å². The SMILES string of the molecule is O=C(CCl)CN1CCCc2ccccc21. The molecule has 1 aromatic rings. The number of Topliss-reactive ketones (excluding diaryl/α,β-unsaturated/α-hetero) is 1. The summed E-state index contributed by atoms with van der Waals surface area (Å²) in [4.78, 5) is 13.4. The van der Waals surface area contributed by atoms with Crippen LogP contribution in [0.1, 0.15) is 12.0 Å². The van der Waals surface area contributed by atoms with Gasteiger partial charge in [0.25, 0.3) is 0 Å². The normalized spacial score (nSPS) is 14.9. The average molecular weight is 224 g/mol. The van der Waals surface area contributed by atoms with Gasteiger partial charge in [-0.1, -0.05) is 18.2 Å². The number of carbonyl (C=O) groups excluding carboxylic acids is 1. The lowest BCUT2D eigenvalue weighted by atomic mass is 10.0. The van der Waals surface area contributed by atoms with Crippen molar-refractivity contribution in [3.63, 3.8) is 0 Å². The highest BCUT2D eigenvalue weighted by Crippen LogP contribution is 2.26. The van der Waals surface area contributed by atoms with E-state index in [1.807, 2.05) is 12.1 Å². The van der Waals surface area contributed by atoms with Crippen LogP contribution in [0.15, 0.2) is 24.3 Å². The molecule has 2 rings (SSSR count). The molecule has 3 heteroatoms. The van der Waals surface area contributed by atoms with Crippen molar-refractivity contribution in [1.82, 2.24) is 0 Å². The molecule has 80 valence electrons. The second kappa shape index (κ2) is 4.67. The second-order valence-corrected chi connectivity index (χ2v) is 4.09. The Morgan fingerprint density at radius 3 is 3.00 bits per heavy atom. The third-order valence-electron chi connectivity index (χ3n) is 2.72. The maximum atomic E-state index is 11.3. The Morgan fingerprint density at radius 1 is 1.40 bits per heavy atom. The molecule has 0 aliphatic carbocycles. The quantitative estimate of drug-likeness (QED) is 0.733. The van der Waals surface area contributed by atoms with Gasteiger partial charge >= 0.3 is 0 Å². The van der Waals surface area contributed by atoms with Gasteiger partial charge in [-0.15, -0.1) is 11.6 Å². The van der Waals surface area contributed by atoms with Crippen molar-refractivity contribution in [1.29, 1.82) is 0 Å². The molecular weight excluding hydrogens is 210 g/mol. The molecule has 0 fully saturated rings. The lowest BCUT2D eigenvalue weighted by Crippen LogP contribution is -2.34. The highest BCUT2D eigenvalue weighted by Gasteiger charge is 2.17. The third kappa shape index (κ3) is 2.32. The number of fused-ring (bicyclic) bond motifs is 1. The number of benzene rings is 1. The minimum Gasteiger partial charge on any atom is -0.364 e. The molecule has 0 unspecified atom stereocenters. The molecular formula is C12H14ClNO. The summed E-state index contributed by atoms with van der Waals surface area (Å²) in [6, 6.07) is 8.27. The Kier molecular flexibility index (Phi) is 3.27. The Labute approximate surface area is 94.8 Å². The van der Waals surface area contributed by atoms with Gasteiger partial charge in [0.05, 0.1) is 12.4 Å². The molecule has 1 aromatic carbocycles. The zero-order chi connectivity index (χ0) is 10.7. The summed E-state index contributed by atoms with van der Waals surface area (Å²) >= 11 is 5.52. The minimum absolute atomic E-state index is 0.0911. The number of anilines is 1. The van der Waals surface area contributed by atoms with Gasteiger partial charge in [-0.05, 0) is 24.5 Å². The number of carbonyl (C=O) groups is 1. The summed E-state index contributed by atoms with van der Waals surface area (Å²) in [5.74, 6) is 0.201.